The highest BCUT2D eigenvalue weighted by atomic mass is 32.1. The van der Waals surface area contributed by atoms with Crippen LogP contribution in [0.3, 0.4) is 0 Å². The zero-order valence-corrected chi connectivity index (χ0v) is 6.74. The monoisotopic (exact) mass is 180 g/mol. The van der Waals surface area contributed by atoms with Gasteiger partial charge >= 0.3 is 0 Å². The van der Waals surface area contributed by atoms with Crippen LogP contribution in [0.5, 0.6) is 0 Å². The standard InChI is InChI=1S/C4H9FN4OS/c1-10-3-7-9-4(11)8-6-2-5/h2,7H,3H2,1H3,(H2,8,9,11). The summed E-state index contributed by atoms with van der Waals surface area (Å²) in [6.07, 6.45) is 0. The zero-order valence-electron chi connectivity index (χ0n) is 5.93. The molecule has 11 heavy (non-hydrogen) atoms. The van der Waals surface area contributed by atoms with Crippen molar-refractivity contribution in [1.29, 1.82) is 0 Å². The first kappa shape index (κ1) is 10.2. The summed E-state index contributed by atoms with van der Waals surface area (Å²) in [6.45, 7) is 0.394. The minimum atomic E-state index is 0.101. The number of hydrazone groups is 1. The van der Waals surface area contributed by atoms with Gasteiger partial charge in [-0.2, -0.15) is 9.49 Å². The van der Waals surface area contributed by atoms with Gasteiger partial charge in [0.15, 0.2) is 6.47 Å². The van der Waals surface area contributed by atoms with Gasteiger partial charge in [-0.25, -0.2) is 5.43 Å². The molecule has 0 unspecified atom stereocenters. The first-order chi connectivity index (χ1) is 5.31. The summed E-state index contributed by atoms with van der Waals surface area (Å²) in [7, 11) is 1.52. The Hall–Kier alpha value is -0.790. The van der Waals surface area contributed by atoms with Crippen LogP contribution in [0.4, 0.5) is 4.39 Å². The Bertz CT molecular complexity index is 142. The van der Waals surface area contributed by atoms with Crippen LogP contribution in [0, 0.1) is 0 Å². The minimum absolute atomic E-state index is 0.101. The number of thiocarbonyl (C=S) groups is 1. The maximum atomic E-state index is 11.3. The van der Waals surface area contributed by atoms with Gasteiger partial charge in [-0.1, -0.05) is 0 Å². The quantitative estimate of drug-likeness (QED) is 0.178. The van der Waals surface area contributed by atoms with Crippen LogP contribution in [0.2, 0.25) is 0 Å². The van der Waals surface area contributed by atoms with Gasteiger partial charge in [-0.05, 0) is 12.2 Å². The number of rotatable bonds is 4. The summed E-state index contributed by atoms with van der Waals surface area (Å²) in [6, 6.07) is 0. The SMILES string of the molecule is COCNNC(=S)NN=CF. The lowest BCUT2D eigenvalue weighted by atomic mass is 11.1. The Morgan fingerprint density at radius 1 is 1.82 bits per heavy atom. The highest BCUT2D eigenvalue weighted by Crippen LogP contribution is 1.64. The molecule has 0 aromatic heterocycles. The second-order valence-electron chi connectivity index (χ2n) is 1.40. The molecular formula is C4H9FN4OS. The molecule has 0 aromatic carbocycles. The molecule has 0 aliphatic rings. The Balaban J connectivity index is 3.23. The summed E-state index contributed by atoms with van der Waals surface area (Å²) in [4.78, 5) is 0. The van der Waals surface area contributed by atoms with E-state index < -0.39 is 0 Å². The van der Waals surface area contributed by atoms with Gasteiger partial charge in [0.2, 0.25) is 5.11 Å². The van der Waals surface area contributed by atoms with E-state index in [0.29, 0.717) is 6.73 Å². The summed E-state index contributed by atoms with van der Waals surface area (Å²) >= 11 is 4.61. The van der Waals surface area contributed by atoms with Gasteiger partial charge in [-0.15, -0.1) is 0 Å². The van der Waals surface area contributed by atoms with Crippen molar-refractivity contribution in [3.63, 3.8) is 0 Å². The number of methoxy groups -OCH3 is 1. The average Bonchev–Trinajstić information content (AvgIpc) is 2.01. The van der Waals surface area contributed by atoms with Crippen molar-refractivity contribution < 1.29 is 9.13 Å². The molecule has 0 fully saturated rings. The van der Waals surface area contributed by atoms with E-state index >= 15 is 0 Å². The molecular weight excluding hydrogens is 171 g/mol. The molecule has 64 valence electrons. The Labute approximate surface area is 69.0 Å². The smallest absolute Gasteiger partial charge is 0.201 e. The molecule has 0 aromatic rings. The van der Waals surface area contributed by atoms with Crippen LogP contribution in [0.25, 0.3) is 0 Å². The highest BCUT2D eigenvalue weighted by Gasteiger charge is 1.88. The topological polar surface area (TPSA) is 57.7 Å². The summed E-state index contributed by atoms with van der Waals surface area (Å²) in [5.74, 6) is 0. The maximum absolute atomic E-state index is 11.3. The van der Waals surface area contributed by atoms with E-state index in [1.807, 2.05) is 0 Å². The number of nitrogens with one attached hydrogen (secondary N) is 3. The van der Waals surface area contributed by atoms with Crippen molar-refractivity contribution in [2.45, 2.75) is 0 Å². The fraction of sp³-hybridized carbons (Fsp3) is 0.500. The van der Waals surface area contributed by atoms with Crippen LogP contribution >= 0.6 is 12.2 Å². The molecule has 0 radical (unpaired) electrons. The van der Waals surface area contributed by atoms with Gasteiger partial charge in [0, 0.05) is 7.11 Å². The number of halogens is 1. The van der Waals surface area contributed by atoms with Gasteiger partial charge < -0.3 is 4.74 Å². The number of ether oxygens (including phenoxy) is 1. The molecule has 0 saturated carbocycles. The van der Waals surface area contributed by atoms with Crippen molar-refractivity contribution >= 4 is 23.8 Å². The van der Waals surface area contributed by atoms with Crippen LogP contribution < -0.4 is 16.3 Å². The van der Waals surface area contributed by atoms with Crippen molar-refractivity contribution in [3.8, 4) is 0 Å². The predicted octanol–water partition coefficient (Wildman–Crippen LogP) is -0.528. The lowest BCUT2D eigenvalue weighted by Gasteiger charge is -2.06. The Kier molecular flexibility index (Phi) is 6.79. The average molecular weight is 180 g/mol. The molecule has 0 amide bonds. The predicted molar refractivity (Wildman–Crippen MR) is 43.5 cm³/mol. The van der Waals surface area contributed by atoms with E-state index in [2.05, 4.69) is 38.3 Å². The number of nitrogens with zero attached hydrogens (tertiary/aromatic N) is 1. The van der Waals surface area contributed by atoms with E-state index in [1.54, 1.807) is 0 Å². The number of hydrogen-bond donors (Lipinski definition) is 3. The fourth-order valence-corrected chi connectivity index (χ4v) is 0.424. The molecule has 0 rings (SSSR count). The van der Waals surface area contributed by atoms with E-state index in [9.17, 15) is 4.39 Å². The summed E-state index contributed by atoms with van der Waals surface area (Å²) in [5, 5.41) is 3.19. The van der Waals surface area contributed by atoms with Gasteiger partial charge in [0.05, 0.1) is 0 Å². The van der Waals surface area contributed by atoms with Gasteiger partial charge in [0.25, 0.3) is 0 Å². The zero-order chi connectivity index (χ0) is 8.53. The summed E-state index contributed by atoms with van der Waals surface area (Å²) in [5.41, 5.74) is 7.24. The molecule has 0 heterocycles. The van der Waals surface area contributed by atoms with E-state index in [0.717, 1.165) is 0 Å². The number of hydrazine groups is 1. The van der Waals surface area contributed by atoms with Crippen LogP contribution in [0.1, 0.15) is 0 Å². The van der Waals surface area contributed by atoms with E-state index in [4.69, 9.17) is 0 Å². The molecule has 7 heteroatoms. The molecule has 0 aliphatic carbocycles. The van der Waals surface area contributed by atoms with Crippen molar-refractivity contribution in [2.75, 3.05) is 13.8 Å². The second-order valence-corrected chi connectivity index (χ2v) is 1.81. The lowest BCUT2D eigenvalue weighted by Crippen LogP contribution is -2.42. The van der Waals surface area contributed by atoms with Gasteiger partial charge in [0.1, 0.15) is 6.73 Å². The van der Waals surface area contributed by atoms with Crippen molar-refractivity contribution in [1.82, 2.24) is 16.3 Å². The second kappa shape index (κ2) is 7.32. The molecule has 0 aliphatic heterocycles. The third kappa shape index (κ3) is 7.10. The van der Waals surface area contributed by atoms with E-state index in [-0.39, 0.29) is 11.6 Å². The van der Waals surface area contributed by atoms with Crippen LogP contribution in [-0.2, 0) is 4.74 Å². The normalized spacial score (nSPS) is 10.0. The third-order valence-corrected chi connectivity index (χ3v) is 0.827. The number of hydrogen-bond acceptors (Lipinski definition) is 4. The summed E-state index contributed by atoms with van der Waals surface area (Å²) < 4.78 is 15.9. The first-order valence-electron chi connectivity index (χ1n) is 2.70. The Morgan fingerprint density at radius 2 is 2.55 bits per heavy atom. The fourth-order valence-electron chi connectivity index (χ4n) is 0.300. The van der Waals surface area contributed by atoms with Crippen molar-refractivity contribution in [2.24, 2.45) is 5.10 Å². The molecule has 0 atom stereocenters. The van der Waals surface area contributed by atoms with Crippen LogP contribution in [-0.4, -0.2) is 25.4 Å². The van der Waals surface area contributed by atoms with Gasteiger partial charge in [-0.3, -0.25) is 10.9 Å². The third-order valence-electron chi connectivity index (χ3n) is 0.633. The van der Waals surface area contributed by atoms with Crippen molar-refractivity contribution in [3.05, 3.63) is 0 Å². The largest absolute Gasteiger partial charge is 0.368 e. The first-order valence-corrected chi connectivity index (χ1v) is 3.11. The van der Waals surface area contributed by atoms with E-state index in [1.165, 1.54) is 7.11 Å². The van der Waals surface area contributed by atoms with Crippen LogP contribution in [0.15, 0.2) is 5.10 Å². The Morgan fingerprint density at radius 3 is 3.09 bits per heavy atom. The maximum Gasteiger partial charge on any atom is 0.201 e. The molecule has 3 N–H and O–H groups in total. The minimum Gasteiger partial charge on any atom is -0.368 e. The highest BCUT2D eigenvalue weighted by molar-refractivity contribution is 7.80. The molecule has 0 bridgehead atoms. The molecule has 5 nitrogen and oxygen atoms in total. The lowest BCUT2D eigenvalue weighted by molar-refractivity contribution is 0.169. The molecule has 0 saturated heterocycles. The molecule has 0 spiro atoms.